The average molecular weight is 338 g/mol. The van der Waals surface area contributed by atoms with Gasteiger partial charge in [-0.05, 0) is 35.4 Å². The molecule has 1 aliphatic heterocycles. The van der Waals surface area contributed by atoms with E-state index in [0.717, 1.165) is 16.7 Å². The molecule has 1 aliphatic rings. The molecule has 2 aromatic carbocycles. The highest BCUT2D eigenvalue weighted by atomic mass is 35.5. The first kappa shape index (κ1) is 15.3. The van der Waals surface area contributed by atoms with Crippen molar-refractivity contribution >= 4 is 21.4 Å². The molecule has 0 fully saturated rings. The molecule has 1 atom stereocenters. The van der Waals surface area contributed by atoms with Crippen molar-refractivity contribution in [1.29, 1.82) is 0 Å². The smallest absolute Gasteiger partial charge is 0.175 e. The molecule has 4 nitrogen and oxygen atoms in total. The maximum absolute atomic E-state index is 11.7. The Morgan fingerprint density at radius 1 is 1.27 bits per heavy atom. The molecule has 3 rings (SSSR count). The SMILES string of the molecule is CS(=O)(=O)c1cccc(-c2cc(Cl)c3c(c2)CC(CN)O3)c1. The van der Waals surface area contributed by atoms with Gasteiger partial charge in [0.15, 0.2) is 9.84 Å². The number of rotatable bonds is 3. The predicted molar refractivity (Wildman–Crippen MR) is 87.2 cm³/mol. The second-order valence-corrected chi connectivity index (χ2v) is 7.85. The molecule has 1 heterocycles. The molecule has 6 heteroatoms. The fourth-order valence-corrected chi connectivity index (χ4v) is 3.54. The van der Waals surface area contributed by atoms with Gasteiger partial charge in [0, 0.05) is 24.8 Å². The van der Waals surface area contributed by atoms with Crippen LogP contribution in [0.15, 0.2) is 41.3 Å². The minimum absolute atomic E-state index is 0.0508. The lowest BCUT2D eigenvalue weighted by Gasteiger charge is -2.09. The normalized spacial score (nSPS) is 17.1. The van der Waals surface area contributed by atoms with Crippen molar-refractivity contribution in [3.63, 3.8) is 0 Å². The van der Waals surface area contributed by atoms with Crippen molar-refractivity contribution in [3.8, 4) is 16.9 Å². The quantitative estimate of drug-likeness (QED) is 0.934. The Kier molecular flexibility index (Phi) is 3.89. The van der Waals surface area contributed by atoms with E-state index in [-0.39, 0.29) is 11.0 Å². The average Bonchev–Trinajstić information content (AvgIpc) is 2.90. The highest BCUT2D eigenvalue weighted by molar-refractivity contribution is 7.90. The van der Waals surface area contributed by atoms with Gasteiger partial charge in [0.05, 0.1) is 9.92 Å². The van der Waals surface area contributed by atoms with E-state index in [1.165, 1.54) is 6.26 Å². The molecule has 0 saturated heterocycles. The minimum atomic E-state index is -3.24. The zero-order chi connectivity index (χ0) is 15.9. The van der Waals surface area contributed by atoms with Gasteiger partial charge in [-0.2, -0.15) is 0 Å². The van der Waals surface area contributed by atoms with Crippen LogP contribution in [0.4, 0.5) is 0 Å². The minimum Gasteiger partial charge on any atom is -0.487 e. The second-order valence-electron chi connectivity index (χ2n) is 5.43. The molecule has 0 aliphatic carbocycles. The first-order chi connectivity index (χ1) is 10.4. The van der Waals surface area contributed by atoms with Gasteiger partial charge in [0.25, 0.3) is 0 Å². The fraction of sp³-hybridized carbons (Fsp3) is 0.250. The van der Waals surface area contributed by atoms with Gasteiger partial charge in [-0.15, -0.1) is 0 Å². The van der Waals surface area contributed by atoms with Crippen LogP contribution in [0.25, 0.3) is 11.1 Å². The standard InChI is InChI=1S/C16H16ClNO3S/c1-22(19,20)14-4-2-3-10(7-14)11-5-12-6-13(9-18)21-16(12)15(17)8-11/h2-5,7-8,13H,6,9,18H2,1H3. The number of fused-ring (bicyclic) bond motifs is 1. The van der Waals surface area contributed by atoms with E-state index in [2.05, 4.69) is 0 Å². The highest BCUT2D eigenvalue weighted by Gasteiger charge is 2.25. The molecule has 0 radical (unpaired) electrons. The molecule has 2 aromatic rings. The molecular formula is C16H16ClNO3S. The van der Waals surface area contributed by atoms with Crippen LogP contribution in [0.5, 0.6) is 5.75 Å². The molecular weight excluding hydrogens is 322 g/mol. The van der Waals surface area contributed by atoms with E-state index >= 15 is 0 Å². The number of hydrogen-bond donors (Lipinski definition) is 1. The third-order valence-corrected chi connectivity index (χ3v) is 5.10. The summed E-state index contributed by atoms with van der Waals surface area (Å²) in [6.07, 6.45) is 1.86. The second kappa shape index (κ2) is 5.57. The largest absolute Gasteiger partial charge is 0.487 e. The summed E-state index contributed by atoms with van der Waals surface area (Å²) in [4.78, 5) is 0.290. The van der Waals surface area contributed by atoms with E-state index in [1.807, 2.05) is 12.1 Å². The van der Waals surface area contributed by atoms with Crippen LogP contribution in [0.1, 0.15) is 5.56 Å². The molecule has 1 unspecified atom stereocenters. The van der Waals surface area contributed by atoms with Crippen LogP contribution in [0.2, 0.25) is 5.02 Å². The van der Waals surface area contributed by atoms with Crippen molar-refractivity contribution in [3.05, 3.63) is 47.0 Å². The lowest BCUT2D eigenvalue weighted by atomic mass is 10.0. The molecule has 116 valence electrons. The number of benzene rings is 2. The van der Waals surface area contributed by atoms with E-state index in [9.17, 15) is 8.42 Å². The van der Waals surface area contributed by atoms with Crippen molar-refractivity contribution in [2.45, 2.75) is 17.4 Å². The summed E-state index contributed by atoms with van der Waals surface area (Å²) in [5, 5.41) is 0.521. The Morgan fingerprint density at radius 3 is 2.73 bits per heavy atom. The Morgan fingerprint density at radius 2 is 2.05 bits per heavy atom. The van der Waals surface area contributed by atoms with Crippen LogP contribution >= 0.6 is 11.6 Å². The van der Waals surface area contributed by atoms with Gasteiger partial charge in [-0.3, -0.25) is 0 Å². The summed E-state index contributed by atoms with van der Waals surface area (Å²) in [6.45, 7) is 0.434. The van der Waals surface area contributed by atoms with E-state index in [4.69, 9.17) is 22.1 Å². The summed E-state index contributed by atoms with van der Waals surface area (Å²) < 4.78 is 29.1. The maximum atomic E-state index is 11.7. The number of ether oxygens (including phenoxy) is 1. The Labute approximate surface area is 134 Å². The molecule has 0 saturated carbocycles. The highest BCUT2D eigenvalue weighted by Crippen LogP contribution is 2.39. The van der Waals surface area contributed by atoms with E-state index in [0.29, 0.717) is 23.7 Å². The summed E-state index contributed by atoms with van der Waals surface area (Å²) in [7, 11) is -3.24. The molecule has 0 bridgehead atoms. The number of nitrogens with two attached hydrogens (primary N) is 1. The van der Waals surface area contributed by atoms with E-state index < -0.39 is 9.84 Å². The van der Waals surface area contributed by atoms with Gasteiger partial charge in [0.1, 0.15) is 11.9 Å². The fourth-order valence-electron chi connectivity index (χ4n) is 2.59. The monoisotopic (exact) mass is 337 g/mol. The molecule has 0 spiro atoms. The van der Waals surface area contributed by atoms with Crippen LogP contribution in [0, 0.1) is 0 Å². The molecule has 22 heavy (non-hydrogen) atoms. The number of hydrogen-bond acceptors (Lipinski definition) is 4. The summed E-state index contributed by atoms with van der Waals surface area (Å²) >= 11 is 6.29. The Hall–Kier alpha value is -1.56. The Bertz CT molecular complexity index is 833. The Balaban J connectivity index is 2.06. The summed E-state index contributed by atoms with van der Waals surface area (Å²) in [5.41, 5.74) is 8.33. The van der Waals surface area contributed by atoms with Crippen molar-refractivity contribution in [2.24, 2.45) is 5.73 Å². The third-order valence-electron chi connectivity index (χ3n) is 3.71. The van der Waals surface area contributed by atoms with Gasteiger partial charge in [-0.25, -0.2) is 8.42 Å². The van der Waals surface area contributed by atoms with Gasteiger partial charge >= 0.3 is 0 Å². The van der Waals surface area contributed by atoms with Gasteiger partial charge < -0.3 is 10.5 Å². The zero-order valence-electron chi connectivity index (χ0n) is 12.0. The van der Waals surface area contributed by atoms with Crippen molar-refractivity contribution < 1.29 is 13.2 Å². The number of sulfone groups is 1. The molecule has 2 N–H and O–H groups in total. The van der Waals surface area contributed by atoms with Gasteiger partial charge in [-0.1, -0.05) is 23.7 Å². The topological polar surface area (TPSA) is 69.4 Å². The summed E-state index contributed by atoms with van der Waals surface area (Å²) in [6, 6.07) is 10.6. The van der Waals surface area contributed by atoms with E-state index in [1.54, 1.807) is 24.3 Å². The van der Waals surface area contributed by atoms with Crippen LogP contribution in [-0.2, 0) is 16.3 Å². The number of halogens is 1. The zero-order valence-corrected chi connectivity index (χ0v) is 13.6. The first-order valence-electron chi connectivity index (χ1n) is 6.88. The van der Waals surface area contributed by atoms with Crippen molar-refractivity contribution in [2.75, 3.05) is 12.8 Å². The lowest BCUT2D eigenvalue weighted by molar-refractivity contribution is 0.241. The molecule has 0 amide bonds. The lowest BCUT2D eigenvalue weighted by Crippen LogP contribution is -2.24. The maximum Gasteiger partial charge on any atom is 0.175 e. The van der Waals surface area contributed by atoms with Crippen LogP contribution in [-0.4, -0.2) is 27.3 Å². The van der Waals surface area contributed by atoms with Gasteiger partial charge in [0.2, 0.25) is 0 Å². The van der Waals surface area contributed by atoms with Crippen LogP contribution in [0.3, 0.4) is 0 Å². The van der Waals surface area contributed by atoms with Crippen LogP contribution < -0.4 is 10.5 Å². The summed E-state index contributed by atoms with van der Waals surface area (Å²) in [5.74, 6) is 0.681. The molecule has 0 aromatic heterocycles. The first-order valence-corrected chi connectivity index (χ1v) is 9.15. The van der Waals surface area contributed by atoms with Crippen molar-refractivity contribution in [1.82, 2.24) is 0 Å². The predicted octanol–water partition coefficient (Wildman–Crippen LogP) is 2.67. The third kappa shape index (κ3) is 2.84.